The highest BCUT2D eigenvalue weighted by atomic mass is 79.9. The van der Waals surface area contributed by atoms with Gasteiger partial charge in [-0.3, -0.25) is 15.0 Å². The van der Waals surface area contributed by atoms with Crippen LogP contribution in [0.4, 0.5) is 29.3 Å². The molecule has 0 aliphatic rings. The molecule has 0 aliphatic carbocycles. The molecule has 0 aromatic heterocycles. The van der Waals surface area contributed by atoms with Crippen LogP contribution in [0.3, 0.4) is 0 Å². The number of nitrogens with one attached hydrogen (secondary N) is 4. The normalized spacial score (nSPS) is 10.8. The first-order valence-electron chi connectivity index (χ1n) is 7.47. The minimum absolute atomic E-state index is 0.136. The predicted octanol–water partition coefficient (Wildman–Crippen LogP) is 4.57. The number of hydrazine groups is 1. The molecule has 0 heterocycles. The van der Waals surface area contributed by atoms with Crippen molar-refractivity contribution in [3.8, 4) is 0 Å². The Labute approximate surface area is 180 Å². The lowest BCUT2D eigenvalue weighted by Gasteiger charge is -2.15. The summed E-state index contributed by atoms with van der Waals surface area (Å²) in [7, 11) is 0. The van der Waals surface area contributed by atoms with Crippen molar-refractivity contribution in [1.29, 1.82) is 0 Å². The molecule has 0 fully saturated rings. The second-order valence-electron chi connectivity index (χ2n) is 5.30. The van der Waals surface area contributed by atoms with Gasteiger partial charge in [0.05, 0.1) is 21.3 Å². The van der Waals surface area contributed by atoms with Gasteiger partial charge in [0.15, 0.2) is 0 Å². The van der Waals surface area contributed by atoms with Crippen molar-refractivity contribution < 1.29 is 27.6 Å². The van der Waals surface area contributed by atoms with Gasteiger partial charge in [-0.1, -0.05) is 39.1 Å². The zero-order chi connectivity index (χ0) is 21.8. The molecule has 154 valence electrons. The Morgan fingerprint density at radius 3 is 2.17 bits per heavy atom. The van der Waals surface area contributed by atoms with E-state index in [1.807, 2.05) is 5.32 Å². The van der Waals surface area contributed by atoms with Crippen LogP contribution < -0.4 is 21.5 Å². The predicted molar refractivity (Wildman–Crippen MR) is 105 cm³/mol. The standard InChI is InChI=1S/C16H10BrCl2F3N4O3/c17-7-1-4-12(9(5-7)16(20,21)22)24-15(29)26-25-14(28)13(27)23-8-2-3-10(18)11(19)6-8/h1-6H,(H,23,27)(H,25,28)(H2,24,26,29). The molecule has 0 radical (unpaired) electrons. The molecular formula is C16H10BrCl2F3N4O3. The van der Waals surface area contributed by atoms with Gasteiger partial charge in [0.2, 0.25) is 0 Å². The summed E-state index contributed by atoms with van der Waals surface area (Å²) in [5.41, 5.74) is 2.04. The fourth-order valence-electron chi connectivity index (χ4n) is 1.95. The third kappa shape index (κ3) is 6.51. The number of hydrogen-bond acceptors (Lipinski definition) is 3. The largest absolute Gasteiger partial charge is 0.418 e. The highest BCUT2D eigenvalue weighted by molar-refractivity contribution is 9.10. The average Bonchev–Trinajstić information content (AvgIpc) is 2.63. The Morgan fingerprint density at radius 2 is 1.55 bits per heavy atom. The lowest BCUT2D eigenvalue weighted by Crippen LogP contribution is -2.48. The van der Waals surface area contributed by atoms with E-state index >= 15 is 0 Å². The van der Waals surface area contributed by atoms with E-state index in [0.717, 1.165) is 12.1 Å². The minimum atomic E-state index is -4.73. The van der Waals surface area contributed by atoms with E-state index in [2.05, 4.69) is 21.2 Å². The molecule has 4 amide bonds. The van der Waals surface area contributed by atoms with E-state index in [1.54, 1.807) is 10.9 Å². The maximum Gasteiger partial charge on any atom is 0.418 e. The van der Waals surface area contributed by atoms with Crippen molar-refractivity contribution in [1.82, 2.24) is 10.9 Å². The molecule has 4 N–H and O–H groups in total. The van der Waals surface area contributed by atoms with Crippen molar-refractivity contribution >= 4 is 68.4 Å². The van der Waals surface area contributed by atoms with Gasteiger partial charge in [0.25, 0.3) is 0 Å². The summed E-state index contributed by atoms with van der Waals surface area (Å²) >= 11 is 14.4. The maximum atomic E-state index is 13.0. The van der Waals surface area contributed by atoms with Gasteiger partial charge in [-0.15, -0.1) is 0 Å². The van der Waals surface area contributed by atoms with E-state index in [9.17, 15) is 27.6 Å². The van der Waals surface area contributed by atoms with Gasteiger partial charge in [-0.2, -0.15) is 13.2 Å². The Hall–Kier alpha value is -2.50. The number of hydrogen-bond donors (Lipinski definition) is 4. The van der Waals surface area contributed by atoms with Crippen LogP contribution in [0.25, 0.3) is 0 Å². The molecule has 0 saturated heterocycles. The number of carbonyl (C=O) groups excluding carboxylic acids is 3. The van der Waals surface area contributed by atoms with E-state index in [0.29, 0.717) is 0 Å². The Morgan fingerprint density at radius 1 is 0.862 bits per heavy atom. The number of carbonyl (C=O) groups is 3. The van der Waals surface area contributed by atoms with E-state index < -0.39 is 35.3 Å². The van der Waals surface area contributed by atoms with Gasteiger partial charge in [-0.25, -0.2) is 10.2 Å². The second kappa shape index (κ2) is 9.33. The summed E-state index contributed by atoms with van der Waals surface area (Å²) in [4.78, 5) is 35.3. The molecule has 0 saturated carbocycles. The van der Waals surface area contributed by atoms with Crippen LogP contribution in [0.1, 0.15) is 5.56 Å². The number of benzene rings is 2. The Kier molecular flexibility index (Phi) is 7.33. The monoisotopic (exact) mass is 512 g/mol. The van der Waals surface area contributed by atoms with Crippen molar-refractivity contribution in [3.63, 3.8) is 0 Å². The first-order valence-corrected chi connectivity index (χ1v) is 9.02. The lowest BCUT2D eigenvalue weighted by atomic mass is 10.1. The van der Waals surface area contributed by atoms with Crippen molar-refractivity contribution in [3.05, 3.63) is 56.5 Å². The number of anilines is 2. The SMILES string of the molecule is O=C(NNC(=O)C(=O)Nc1ccc(Cl)c(Cl)c1)Nc1ccc(Br)cc1C(F)(F)F. The summed E-state index contributed by atoms with van der Waals surface area (Å²) in [5.74, 6) is -2.44. The minimum Gasteiger partial charge on any atom is -0.318 e. The number of rotatable bonds is 2. The quantitative estimate of drug-likeness (QED) is 0.350. The summed E-state index contributed by atoms with van der Waals surface area (Å²) in [5, 5.41) is 4.50. The topological polar surface area (TPSA) is 99.3 Å². The van der Waals surface area contributed by atoms with Gasteiger partial charge < -0.3 is 10.6 Å². The second-order valence-corrected chi connectivity index (χ2v) is 7.03. The van der Waals surface area contributed by atoms with Gasteiger partial charge in [0.1, 0.15) is 0 Å². The summed E-state index contributed by atoms with van der Waals surface area (Å²) in [6.07, 6.45) is -4.73. The highest BCUT2D eigenvalue weighted by Crippen LogP contribution is 2.36. The van der Waals surface area contributed by atoms with Gasteiger partial charge in [-0.05, 0) is 36.4 Å². The summed E-state index contributed by atoms with van der Waals surface area (Å²) in [6, 6.07) is 5.94. The number of halogens is 6. The van der Waals surface area contributed by atoms with Crippen LogP contribution in [0.5, 0.6) is 0 Å². The third-order valence-electron chi connectivity index (χ3n) is 3.21. The molecule has 0 bridgehead atoms. The van der Waals surface area contributed by atoms with Crippen LogP contribution in [0.2, 0.25) is 10.0 Å². The summed E-state index contributed by atoms with van der Waals surface area (Å²) in [6.45, 7) is 0. The molecular weight excluding hydrogens is 504 g/mol. The number of alkyl halides is 3. The molecule has 0 spiro atoms. The first kappa shape index (κ1) is 22.8. The van der Waals surface area contributed by atoms with Gasteiger partial charge in [0, 0.05) is 10.2 Å². The molecule has 2 rings (SSSR count). The molecule has 0 unspecified atom stereocenters. The highest BCUT2D eigenvalue weighted by Gasteiger charge is 2.34. The first-order chi connectivity index (χ1) is 13.5. The zero-order valence-corrected chi connectivity index (χ0v) is 17.1. The number of urea groups is 1. The van der Waals surface area contributed by atoms with E-state index in [1.165, 1.54) is 24.3 Å². The summed E-state index contributed by atoms with van der Waals surface area (Å²) < 4.78 is 39.2. The van der Waals surface area contributed by atoms with E-state index in [-0.39, 0.29) is 20.2 Å². The van der Waals surface area contributed by atoms with Crippen LogP contribution in [0.15, 0.2) is 40.9 Å². The van der Waals surface area contributed by atoms with Crippen LogP contribution in [-0.2, 0) is 15.8 Å². The van der Waals surface area contributed by atoms with Crippen molar-refractivity contribution in [2.45, 2.75) is 6.18 Å². The molecule has 7 nitrogen and oxygen atoms in total. The molecule has 0 aliphatic heterocycles. The molecule has 13 heteroatoms. The fourth-order valence-corrected chi connectivity index (χ4v) is 2.60. The molecule has 2 aromatic carbocycles. The van der Waals surface area contributed by atoms with Crippen LogP contribution in [-0.4, -0.2) is 17.8 Å². The molecule has 29 heavy (non-hydrogen) atoms. The maximum absolute atomic E-state index is 13.0. The van der Waals surface area contributed by atoms with Crippen molar-refractivity contribution in [2.24, 2.45) is 0 Å². The van der Waals surface area contributed by atoms with Gasteiger partial charge >= 0.3 is 24.0 Å². The van der Waals surface area contributed by atoms with Crippen LogP contribution in [0, 0.1) is 0 Å². The van der Waals surface area contributed by atoms with E-state index in [4.69, 9.17) is 23.2 Å². The lowest BCUT2D eigenvalue weighted by molar-refractivity contribution is -0.137. The van der Waals surface area contributed by atoms with Crippen molar-refractivity contribution in [2.75, 3.05) is 10.6 Å². The smallest absolute Gasteiger partial charge is 0.318 e. The Balaban J connectivity index is 1.94. The molecule has 2 aromatic rings. The fraction of sp³-hybridized carbons (Fsp3) is 0.0625. The average molecular weight is 514 g/mol. The molecule has 0 atom stereocenters. The third-order valence-corrected chi connectivity index (χ3v) is 4.44. The number of amides is 4. The van der Waals surface area contributed by atoms with Crippen LogP contribution >= 0.6 is 39.1 Å². The Bertz CT molecular complexity index is 973. The zero-order valence-electron chi connectivity index (χ0n) is 14.0.